The van der Waals surface area contributed by atoms with Crippen molar-refractivity contribution >= 4 is 15.9 Å². The molecule has 1 aliphatic rings. The minimum absolute atomic E-state index is 0.0312. The van der Waals surface area contributed by atoms with Crippen LogP contribution < -0.4 is 15.2 Å². The SMILES string of the molecule is CCC1CCC(C(N)c2ccc(OC)c(Br)c2OC)C1. The summed E-state index contributed by atoms with van der Waals surface area (Å²) in [6.45, 7) is 2.27. The Morgan fingerprint density at radius 3 is 2.60 bits per heavy atom. The zero-order valence-corrected chi connectivity index (χ0v) is 14.1. The van der Waals surface area contributed by atoms with Gasteiger partial charge >= 0.3 is 0 Å². The first kappa shape index (κ1) is 15.6. The number of hydrogen-bond acceptors (Lipinski definition) is 3. The van der Waals surface area contributed by atoms with Crippen molar-refractivity contribution in [2.24, 2.45) is 17.6 Å². The molecule has 2 rings (SSSR count). The highest BCUT2D eigenvalue weighted by Gasteiger charge is 2.31. The molecule has 1 aromatic rings. The van der Waals surface area contributed by atoms with Crippen molar-refractivity contribution in [3.05, 3.63) is 22.2 Å². The molecular weight excluding hydrogens is 318 g/mol. The molecule has 0 amide bonds. The fourth-order valence-electron chi connectivity index (χ4n) is 3.25. The normalized spacial score (nSPS) is 23.6. The van der Waals surface area contributed by atoms with Gasteiger partial charge in [0.05, 0.1) is 14.2 Å². The molecule has 0 heterocycles. The van der Waals surface area contributed by atoms with Crippen molar-refractivity contribution in [3.63, 3.8) is 0 Å². The van der Waals surface area contributed by atoms with E-state index < -0.39 is 0 Å². The average molecular weight is 342 g/mol. The van der Waals surface area contributed by atoms with Gasteiger partial charge in [-0.2, -0.15) is 0 Å². The molecule has 0 radical (unpaired) electrons. The molecule has 0 bridgehead atoms. The molecule has 3 unspecified atom stereocenters. The third-order valence-corrected chi connectivity index (χ3v) is 5.29. The molecule has 20 heavy (non-hydrogen) atoms. The lowest BCUT2D eigenvalue weighted by Crippen LogP contribution is -2.20. The molecule has 1 fully saturated rings. The summed E-state index contributed by atoms with van der Waals surface area (Å²) in [5, 5.41) is 0. The number of rotatable bonds is 5. The number of nitrogens with two attached hydrogens (primary N) is 1. The minimum Gasteiger partial charge on any atom is -0.495 e. The van der Waals surface area contributed by atoms with Gasteiger partial charge in [0.25, 0.3) is 0 Å². The van der Waals surface area contributed by atoms with Crippen molar-refractivity contribution < 1.29 is 9.47 Å². The molecule has 0 spiro atoms. The highest BCUT2D eigenvalue weighted by Crippen LogP contribution is 2.45. The lowest BCUT2D eigenvalue weighted by Gasteiger charge is -2.23. The second kappa shape index (κ2) is 6.81. The Balaban J connectivity index is 2.26. The van der Waals surface area contributed by atoms with Gasteiger partial charge in [0.1, 0.15) is 16.0 Å². The van der Waals surface area contributed by atoms with Gasteiger partial charge in [-0.05, 0) is 52.7 Å². The van der Waals surface area contributed by atoms with E-state index >= 15 is 0 Å². The average Bonchev–Trinajstić information content (AvgIpc) is 2.95. The van der Waals surface area contributed by atoms with Gasteiger partial charge in [0.2, 0.25) is 0 Å². The smallest absolute Gasteiger partial charge is 0.141 e. The zero-order chi connectivity index (χ0) is 14.7. The maximum atomic E-state index is 6.51. The van der Waals surface area contributed by atoms with E-state index in [0.29, 0.717) is 5.92 Å². The lowest BCUT2D eigenvalue weighted by atomic mass is 9.90. The third-order valence-electron chi connectivity index (χ3n) is 4.54. The lowest BCUT2D eigenvalue weighted by molar-refractivity contribution is 0.366. The van der Waals surface area contributed by atoms with Gasteiger partial charge < -0.3 is 15.2 Å². The van der Waals surface area contributed by atoms with E-state index in [1.165, 1.54) is 25.7 Å². The summed E-state index contributed by atoms with van der Waals surface area (Å²) < 4.78 is 11.7. The maximum absolute atomic E-state index is 6.51. The number of benzene rings is 1. The summed E-state index contributed by atoms with van der Waals surface area (Å²) in [4.78, 5) is 0. The van der Waals surface area contributed by atoms with Gasteiger partial charge in [-0.25, -0.2) is 0 Å². The van der Waals surface area contributed by atoms with Gasteiger partial charge in [0, 0.05) is 11.6 Å². The van der Waals surface area contributed by atoms with Gasteiger partial charge in [0.15, 0.2) is 0 Å². The second-order valence-electron chi connectivity index (χ2n) is 5.58. The Morgan fingerprint density at radius 2 is 2.05 bits per heavy atom. The summed E-state index contributed by atoms with van der Waals surface area (Å²) in [5.74, 6) is 2.96. The monoisotopic (exact) mass is 341 g/mol. The summed E-state index contributed by atoms with van der Waals surface area (Å²) in [5.41, 5.74) is 7.58. The van der Waals surface area contributed by atoms with E-state index in [9.17, 15) is 0 Å². The Bertz CT molecular complexity index is 464. The van der Waals surface area contributed by atoms with Crippen molar-refractivity contribution in [1.82, 2.24) is 0 Å². The fourth-order valence-corrected chi connectivity index (χ4v) is 3.93. The molecule has 0 aliphatic heterocycles. The molecule has 1 saturated carbocycles. The predicted octanol–water partition coefficient (Wildman–Crippen LogP) is 4.29. The van der Waals surface area contributed by atoms with Crippen LogP contribution in [0.2, 0.25) is 0 Å². The Hall–Kier alpha value is -0.740. The molecular formula is C16H24BrNO2. The Labute approximate surface area is 130 Å². The van der Waals surface area contributed by atoms with E-state index in [4.69, 9.17) is 15.2 Å². The van der Waals surface area contributed by atoms with Gasteiger partial charge in [-0.15, -0.1) is 0 Å². The van der Waals surface area contributed by atoms with Crippen LogP contribution in [0.3, 0.4) is 0 Å². The quantitative estimate of drug-likeness (QED) is 0.868. The molecule has 0 aromatic heterocycles. The molecule has 0 saturated heterocycles. The number of ether oxygens (including phenoxy) is 2. The van der Waals surface area contributed by atoms with E-state index in [1.807, 2.05) is 12.1 Å². The summed E-state index contributed by atoms with van der Waals surface area (Å²) in [7, 11) is 3.33. The van der Waals surface area contributed by atoms with Crippen LogP contribution in [-0.2, 0) is 0 Å². The fraction of sp³-hybridized carbons (Fsp3) is 0.625. The first-order chi connectivity index (χ1) is 9.62. The first-order valence-electron chi connectivity index (χ1n) is 7.28. The minimum atomic E-state index is 0.0312. The van der Waals surface area contributed by atoms with Crippen molar-refractivity contribution in [3.8, 4) is 11.5 Å². The van der Waals surface area contributed by atoms with Crippen LogP contribution in [-0.4, -0.2) is 14.2 Å². The molecule has 1 aliphatic carbocycles. The van der Waals surface area contributed by atoms with Crippen LogP contribution in [0.4, 0.5) is 0 Å². The summed E-state index contributed by atoms with van der Waals surface area (Å²) in [6, 6.07) is 4.02. The standard InChI is InChI=1S/C16H24BrNO2/c1-4-10-5-6-11(9-10)15(18)12-7-8-13(19-2)14(17)16(12)20-3/h7-8,10-11,15H,4-6,9,18H2,1-3H3. The number of hydrogen-bond donors (Lipinski definition) is 1. The van der Waals surface area contributed by atoms with Crippen molar-refractivity contribution in [1.29, 1.82) is 0 Å². The van der Waals surface area contributed by atoms with Crippen LogP contribution in [0.25, 0.3) is 0 Å². The van der Waals surface area contributed by atoms with Crippen LogP contribution >= 0.6 is 15.9 Å². The van der Waals surface area contributed by atoms with Gasteiger partial charge in [-0.1, -0.05) is 19.8 Å². The Morgan fingerprint density at radius 1 is 1.30 bits per heavy atom. The van der Waals surface area contributed by atoms with Gasteiger partial charge in [-0.3, -0.25) is 0 Å². The topological polar surface area (TPSA) is 44.5 Å². The van der Waals surface area contributed by atoms with Crippen molar-refractivity contribution in [2.45, 2.75) is 38.6 Å². The molecule has 4 heteroatoms. The highest BCUT2D eigenvalue weighted by molar-refractivity contribution is 9.10. The van der Waals surface area contributed by atoms with E-state index in [-0.39, 0.29) is 6.04 Å². The number of halogens is 1. The second-order valence-corrected chi connectivity index (χ2v) is 6.37. The van der Waals surface area contributed by atoms with Crippen LogP contribution in [0.1, 0.15) is 44.2 Å². The maximum Gasteiger partial charge on any atom is 0.141 e. The van der Waals surface area contributed by atoms with Crippen LogP contribution in [0, 0.1) is 11.8 Å². The van der Waals surface area contributed by atoms with E-state index in [0.717, 1.165) is 27.5 Å². The van der Waals surface area contributed by atoms with Crippen molar-refractivity contribution in [2.75, 3.05) is 14.2 Å². The highest BCUT2D eigenvalue weighted by atomic mass is 79.9. The molecule has 3 nitrogen and oxygen atoms in total. The third kappa shape index (κ3) is 2.96. The summed E-state index contributed by atoms with van der Waals surface area (Å²) in [6.07, 6.45) is 5.00. The largest absolute Gasteiger partial charge is 0.495 e. The first-order valence-corrected chi connectivity index (χ1v) is 8.07. The van der Waals surface area contributed by atoms with Crippen LogP contribution in [0.5, 0.6) is 11.5 Å². The molecule has 3 atom stereocenters. The molecule has 2 N–H and O–H groups in total. The van der Waals surface area contributed by atoms with E-state index in [1.54, 1.807) is 14.2 Å². The summed E-state index contributed by atoms with van der Waals surface area (Å²) >= 11 is 3.55. The molecule has 112 valence electrons. The Kier molecular flexibility index (Phi) is 5.33. The van der Waals surface area contributed by atoms with E-state index in [2.05, 4.69) is 22.9 Å². The number of methoxy groups -OCH3 is 2. The molecule has 1 aromatic carbocycles. The predicted molar refractivity (Wildman–Crippen MR) is 85.3 cm³/mol. The zero-order valence-electron chi connectivity index (χ0n) is 12.5. The van der Waals surface area contributed by atoms with Crippen LogP contribution in [0.15, 0.2) is 16.6 Å².